The molecule has 0 spiro atoms. The fraction of sp³-hybridized carbons (Fsp3) is 0.286. The molecule has 1 aliphatic rings. The Hall–Kier alpha value is -1.17. The summed E-state index contributed by atoms with van der Waals surface area (Å²) in [4.78, 5) is 10.4. The number of hydrogen-bond donors (Lipinski definition) is 0. The second-order valence-corrected chi connectivity index (χ2v) is 7.72. The molecule has 0 amide bonds. The van der Waals surface area contributed by atoms with Crippen molar-refractivity contribution in [1.29, 1.82) is 0 Å². The number of ketones is 1. The van der Waals surface area contributed by atoms with E-state index >= 15 is 0 Å². The average molecular weight is 346 g/mol. The highest BCUT2D eigenvalue weighted by Gasteiger charge is 2.44. The molecule has 1 aliphatic carbocycles. The predicted molar refractivity (Wildman–Crippen MR) is 83.7 cm³/mol. The van der Waals surface area contributed by atoms with Gasteiger partial charge in [0.2, 0.25) is 0 Å². The molecule has 1 aromatic rings. The summed E-state index contributed by atoms with van der Waals surface area (Å²) in [6.07, 6.45) is 1.27. The van der Waals surface area contributed by atoms with Crippen LogP contribution in [0.25, 0.3) is 0 Å². The van der Waals surface area contributed by atoms with Gasteiger partial charge in [-0.05, 0) is 37.6 Å². The molecule has 0 radical (unpaired) electrons. The lowest BCUT2D eigenvalue weighted by molar-refractivity contribution is -0.114. The number of rotatable bonds is 2. The maximum absolute atomic E-state index is 12.3. The predicted octanol–water partition coefficient (Wildman–Crippen LogP) is 2.95. The molecule has 1 aromatic carbocycles. The third-order valence-corrected chi connectivity index (χ3v) is 5.62. The Morgan fingerprint density at radius 2 is 1.81 bits per heavy atom. The van der Waals surface area contributed by atoms with Crippen LogP contribution in [0, 0.1) is 0 Å². The van der Waals surface area contributed by atoms with Gasteiger partial charge in [0.25, 0.3) is 10.0 Å². The van der Waals surface area contributed by atoms with Crippen LogP contribution >= 0.6 is 23.2 Å². The molecule has 7 heteroatoms. The number of nitrogens with zero attached hydrogens (tertiary/aromatic N) is 1. The number of allylic oxidation sites excluding steroid dienone is 2. The largest absolute Gasteiger partial charge is 0.293 e. The Kier molecular flexibility index (Phi) is 4.29. The molecule has 0 saturated carbocycles. The summed E-state index contributed by atoms with van der Waals surface area (Å²) in [5.41, 5.74) is 0.488. The van der Waals surface area contributed by atoms with Crippen LogP contribution in [0.15, 0.2) is 51.3 Å². The highest BCUT2D eigenvalue weighted by molar-refractivity contribution is 7.90. The van der Waals surface area contributed by atoms with Crippen molar-refractivity contribution < 1.29 is 13.2 Å². The maximum atomic E-state index is 12.3. The fourth-order valence-corrected chi connectivity index (χ4v) is 3.75. The van der Waals surface area contributed by atoms with E-state index in [1.807, 2.05) is 0 Å². The minimum absolute atomic E-state index is 0.0563. The Bertz CT molecular complexity index is 737. The van der Waals surface area contributed by atoms with Gasteiger partial charge in [0, 0.05) is 0 Å². The maximum Gasteiger partial charge on any atom is 0.282 e. The molecule has 2 atom stereocenters. The van der Waals surface area contributed by atoms with Crippen molar-refractivity contribution >= 4 is 44.7 Å². The summed E-state index contributed by atoms with van der Waals surface area (Å²) in [5, 5.41) is -1.06. The second-order valence-electron chi connectivity index (χ2n) is 4.90. The molecule has 0 bridgehead atoms. The van der Waals surface area contributed by atoms with E-state index in [2.05, 4.69) is 4.40 Å². The van der Waals surface area contributed by atoms with E-state index in [1.54, 1.807) is 25.1 Å². The topological polar surface area (TPSA) is 63.6 Å². The van der Waals surface area contributed by atoms with Crippen molar-refractivity contribution in [2.75, 3.05) is 0 Å². The van der Waals surface area contributed by atoms with E-state index in [9.17, 15) is 13.2 Å². The van der Waals surface area contributed by atoms with Gasteiger partial charge in [-0.3, -0.25) is 4.79 Å². The van der Waals surface area contributed by atoms with E-state index in [-0.39, 0.29) is 16.4 Å². The zero-order valence-corrected chi connectivity index (χ0v) is 13.7. The SMILES string of the molecule is CC1=CC(=O)[C@@H](Cl)[C@@](C)(Cl)C1=NS(=O)(=O)c1ccccc1. The average Bonchev–Trinajstić information content (AvgIpc) is 2.43. The zero-order chi connectivity index (χ0) is 15.8. The smallest absolute Gasteiger partial charge is 0.282 e. The summed E-state index contributed by atoms with van der Waals surface area (Å²) < 4.78 is 28.4. The molecule has 0 N–H and O–H groups in total. The van der Waals surface area contributed by atoms with E-state index in [0.29, 0.717) is 5.57 Å². The van der Waals surface area contributed by atoms with Crippen molar-refractivity contribution in [1.82, 2.24) is 0 Å². The van der Waals surface area contributed by atoms with Gasteiger partial charge in [-0.1, -0.05) is 18.2 Å². The van der Waals surface area contributed by atoms with Gasteiger partial charge < -0.3 is 0 Å². The van der Waals surface area contributed by atoms with Gasteiger partial charge >= 0.3 is 0 Å². The van der Waals surface area contributed by atoms with Gasteiger partial charge in [0.15, 0.2) is 5.78 Å². The normalized spacial score (nSPS) is 28.6. The number of sulfonamides is 1. The minimum atomic E-state index is -3.91. The molecule has 0 heterocycles. The first kappa shape index (κ1) is 16.2. The summed E-state index contributed by atoms with van der Waals surface area (Å²) in [6, 6.07) is 7.79. The number of carbonyl (C=O) groups is 1. The van der Waals surface area contributed by atoms with Crippen LogP contribution in [-0.2, 0) is 14.8 Å². The van der Waals surface area contributed by atoms with Gasteiger partial charge in [0.1, 0.15) is 10.3 Å². The van der Waals surface area contributed by atoms with Crippen LogP contribution in [0.4, 0.5) is 0 Å². The van der Waals surface area contributed by atoms with Crippen LogP contribution in [0.3, 0.4) is 0 Å². The highest BCUT2D eigenvalue weighted by Crippen LogP contribution is 2.34. The van der Waals surface area contributed by atoms with Crippen LogP contribution in [0.5, 0.6) is 0 Å². The summed E-state index contributed by atoms with van der Waals surface area (Å²) in [7, 11) is -3.91. The highest BCUT2D eigenvalue weighted by atomic mass is 35.5. The van der Waals surface area contributed by atoms with Crippen LogP contribution in [-0.4, -0.2) is 30.2 Å². The first-order valence-electron chi connectivity index (χ1n) is 6.12. The van der Waals surface area contributed by atoms with Crippen molar-refractivity contribution in [2.24, 2.45) is 4.40 Å². The first-order chi connectivity index (χ1) is 9.66. The molecule has 4 nitrogen and oxygen atoms in total. The van der Waals surface area contributed by atoms with E-state index in [4.69, 9.17) is 23.2 Å². The van der Waals surface area contributed by atoms with Gasteiger partial charge in [0.05, 0.1) is 10.6 Å². The number of carbonyl (C=O) groups excluding carboxylic acids is 1. The Labute approximate surface area is 133 Å². The molecule has 0 fully saturated rings. The monoisotopic (exact) mass is 345 g/mol. The molecule has 2 rings (SSSR count). The van der Waals surface area contributed by atoms with E-state index < -0.39 is 20.3 Å². The van der Waals surface area contributed by atoms with Crippen molar-refractivity contribution in [3.05, 3.63) is 42.0 Å². The Morgan fingerprint density at radius 3 is 2.38 bits per heavy atom. The molecule has 112 valence electrons. The summed E-state index contributed by atoms with van der Waals surface area (Å²) in [5.74, 6) is -0.359. The molecule has 0 unspecified atom stereocenters. The van der Waals surface area contributed by atoms with Gasteiger partial charge in [-0.2, -0.15) is 12.8 Å². The van der Waals surface area contributed by atoms with Crippen LogP contribution < -0.4 is 0 Å². The van der Waals surface area contributed by atoms with Crippen molar-refractivity contribution in [2.45, 2.75) is 29.0 Å². The van der Waals surface area contributed by atoms with Crippen LogP contribution in [0.1, 0.15) is 13.8 Å². The minimum Gasteiger partial charge on any atom is -0.293 e. The van der Waals surface area contributed by atoms with Crippen molar-refractivity contribution in [3.63, 3.8) is 0 Å². The number of benzene rings is 1. The third kappa shape index (κ3) is 3.05. The quantitative estimate of drug-likeness (QED) is 0.774. The number of alkyl halides is 2. The van der Waals surface area contributed by atoms with E-state index in [1.165, 1.54) is 25.1 Å². The molecular weight excluding hydrogens is 333 g/mol. The molecule has 0 aromatic heterocycles. The van der Waals surface area contributed by atoms with Gasteiger partial charge in [-0.25, -0.2) is 0 Å². The molecule has 21 heavy (non-hydrogen) atoms. The molecule has 0 saturated heterocycles. The number of halogens is 2. The standard InChI is InChI=1S/C14H13Cl2NO3S/c1-9-8-11(18)12(15)14(2,16)13(9)17-21(19,20)10-6-4-3-5-7-10/h3-8,12H,1-2H3/t12-,14-/m1/s1. The summed E-state index contributed by atoms with van der Waals surface area (Å²) >= 11 is 12.3. The molecule has 0 aliphatic heterocycles. The lowest BCUT2D eigenvalue weighted by Gasteiger charge is -2.31. The fourth-order valence-electron chi connectivity index (χ4n) is 2.05. The number of hydrogen-bond acceptors (Lipinski definition) is 3. The Morgan fingerprint density at radius 1 is 1.24 bits per heavy atom. The van der Waals surface area contributed by atoms with Crippen LogP contribution in [0.2, 0.25) is 0 Å². The molecular formula is C14H13Cl2NO3S. The Balaban J connectivity index is 2.59. The summed E-state index contributed by atoms with van der Waals surface area (Å²) in [6.45, 7) is 3.07. The van der Waals surface area contributed by atoms with E-state index in [0.717, 1.165) is 0 Å². The lowest BCUT2D eigenvalue weighted by atomic mass is 9.87. The lowest BCUT2D eigenvalue weighted by Crippen LogP contribution is -2.46. The third-order valence-electron chi connectivity index (χ3n) is 3.17. The van der Waals surface area contributed by atoms with Crippen molar-refractivity contribution in [3.8, 4) is 0 Å². The second kappa shape index (κ2) is 5.55. The first-order valence-corrected chi connectivity index (χ1v) is 8.37. The van der Waals surface area contributed by atoms with Gasteiger partial charge in [-0.15, -0.1) is 23.2 Å². The zero-order valence-electron chi connectivity index (χ0n) is 11.4.